The van der Waals surface area contributed by atoms with Crippen LogP contribution in [0.2, 0.25) is 0 Å². The van der Waals surface area contributed by atoms with Crippen molar-refractivity contribution in [2.24, 2.45) is 0 Å². The van der Waals surface area contributed by atoms with Crippen molar-refractivity contribution >= 4 is 0 Å². The summed E-state index contributed by atoms with van der Waals surface area (Å²) >= 11 is 0. The van der Waals surface area contributed by atoms with Crippen LogP contribution in [-0.4, -0.2) is 0 Å². The number of hydrogen-bond donors (Lipinski definition) is 0. The monoisotopic (exact) mass is 160 g/mol. The summed E-state index contributed by atoms with van der Waals surface area (Å²) in [6.45, 7) is 5.41. The van der Waals surface area contributed by atoms with Gasteiger partial charge in [-0.1, -0.05) is 43.2 Å². The smallest absolute Gasteiger partial charge is 0.0279 e. The number of aryl methyl sites for hydroxylation is 1. The van der Waals surface area contributed by atoms with Gasteiger partial charge in [0.1, 0.15) is 0 Å². The Kier molecular flexibility index (Phi) is 4.51. The van der Waals surface area contributed by atoms with Crippen LogP contribution in [0, 0.1) is 6.92 Å². The van der Waals surface area contributed by atoms with Crippen LogP contribution >= 0.6 is 0 Å². The SMILES string of the molecule is [CH]CCCCCc1ccccc1. The second-order valence-corrected chi connectivity index (χ2v) is 3.08. The summed E-state index contributed by atoms with van der Waals surface area (Å²) in [7, 11) is 0. The minimum Gasteiger partial charge on any atom is -0.0622 e. The Labute approximate surface area is 75.6 Å². The minimum atomic E-state index is 0.828. The van der Waals surface area contributed by atoms with Crippen LogP contribution in [0.3, 0.4) is 0 Å². The topological polar surface area (TPSA) is 0 Å². The lowest BCUT2D eigenvalue weighted by atomic mass is 10.1. The number of rotatable bonds is 5. The summed E-state index contributed by atoms with van der Waals surface area (Å²) in [5.41, 5.74) is 1.44. The highest BCUT2D eigenvalue weighted by Crippen LogP contribution is 2.06. The van der Waals surface area contributed by atoms with Gasteiger partial charge in [0.2, 0.25) is 0 Å². The molecule has 12 heavy (non-hydrogen) atoms. The van der Waals surface area contributed by atoms with Crippen molar-refractivity contribution in [2.45, 2.75) is 32.1 Å². The molecule has 0 fully saturated rings. The number of benzene rings is 1. The first kappa shape index (κ1) is 9.31. The molecule has 0 heterocycles. The lowest BCUT2D eigenvalue weighted by Gasteiger charge is -1.99. The van der Waals surface area contributed by atoms with Crippen LogP contribution in [0.15, 0.2) is 30.3 Å². The van der Waals surface area contributed by atoms with E-state index in [-0.39, 0.29) is 0 Å². The molecule has 0 aliphatic heterocycles. The minimum absolute atomic E-state index is 0.828. The standard InChI is InChI=1S/C12H16/c1-2-3-4-6-9-12-10-7-5-8-11-12/h1,5,7-8,10-11H,2-4,6,9H2. The van der Waals surface area contributed by atoms with Crippen LogP contribution in [-0.2, 0) is 6.42 Å². The zero-order chi connectivity index (χ0) is 8.65. The Bertz CT molecular complexity index is 188. The fourth-order valence-electron chi connectivity index (χ4n) is 1.29. The summed E-state index contributed by atoms with van der Waals surface area (Å²) in [4.78, 5) is 0. The molecule has 64 valence electrons. The van der Waals surface area contributed by atoms with Gasteiger partial charge in [0, 0.05) is 0 Å². The highest BCUT2D eigenvalue weighted by molar-refractivity contribution is 5.14. The molecule has 0 bridgehead atoms. The Morgan fingerprint density at radius 3 is 2.33 bits per heavy atom. The summed E-state index contributed by atoms with van der Waals surface area (Å²) in [6.07, 6.45) is 5.70. The first-order valence-electron chi connectivity index (χ1n) is 4.67. The average Bonchev–Trinajstić information content (AvgIpc) is 2.14. The zero-order valence-corrected chi connectivity index (χ0v) is 7.50. The maximum Gasteiger partial charge on any atom is -0.0279 e. The van der Waals surface area contributed by atoms with E-state index in [1.54, 1.807) is 0 Å². The molecule has 0 unspecified atom stereocenters. The molecular weight excluding hydrogens is 144 g/mol. The van der Waals surface area contributed by atoms with Gasteiger partial charge in [0.15, 0.2) is 0 Å². The van der Waals surface area contributed by atoms with Gasteiger partial charge in [0.25, 0.3) is 0 Å². The molecule has 0 aliphatic rings. The fourth-order valence-corrected chi connectivity index (χ4v) is 1.29. The van der Waals surface area contributed by atoms with E-state index in [2.05, 4.69) is 30.3 Å². The van der Waals surface area contributed by atoms with Gasteiger partial charge < -0.3 is 0 Å². The van der Waals surface area contributed by atoms with Crippen LogP contribution in [0.4, 0.5) is 0 Å². The van der Waals surface area contributed by atoms with Crippen molar-refractivity contribution in [3.8, 4) is 0 Å². The van der Waals surface area contributed by atoms with Gasteiger partial charge >= 0.3 is 0 Å². The lowest BCUT2D eigenvalue weighted by Crippen LogP contribution is -1.84. The summed E-state index contributed by atoms with van der Waals surface area (Å²) in [5, 5.41) is 0. The van der Waals surface area contributed by atoms with Crippen LogP contribution in [0.1, 0.15) is 31.2 Å². The van der Waals surface area contributed by atoms with Crippen molar-refractivity contribution in [2.75, 3.05) is 0 Å². The van der Waals surface area contributed by atoms with E-state index in [1.165, 1.54) is 24.8 Å². The number of hydrogen-bond acceptors (Lipinski definition) is 0. The average molecular weight is 160 g/mol. The predicted octanol–water partition coefficient (Wildman–Crippen LogP) is 3.50. The van der Waals surface area contributed by atoms with E-state index in [0.29, 0.717) is 0 Å². The maximum absolute atomic E-state index is 5.41. The summed E-state index contributed by atoms with van der Waals surface area (Å²) in [5.74, 6) is 0. The van der Waals surface area contributed by atoms with Crippen molar-refractivity contribution in [3.05, 3.63) is 42.8 Å². The highest BCUT2D eigenvalue weighted by atomic mass is 14.0. The van der Waals surface area contributed by atoms with E-state index >= 15 is 0 Å². The third kappa shape index (κ3) is 3.56. The van der Waals surface area contributed by atoms with E-state index in [9.17, 15) is 0 Å². The van der Waals surface area contributed by atoms with Crippen molar-refractivity contribution in [3.63, 3.8) is 0 Å². The molecule has 1 aromatic rings. The second-order valence-electron chi connectivity index (χ2n) is 3.08. The molecule has 0 saturated heterocycles. The van der Waals surface area contributed by atoms with E-state index in [0.717, 1.165) is 12.8 Å². The molecule has 0 N–H and O–H groups in total. The van der Waals surface area contributed by atoms with Crippen LogP contribution in [0.25, 0.3) is 0 Å². The number of unbranched alkanes of at least 4 members (excludes halogenated alkanes) is 3. The molecule has 0 aromatic heterocycles. The van der Waals surface area contributed by atoms with Crippen molar-refractivity contribution < 1.29 is 0 Å². The van der Waals surface area contributed by atoms with Crippen molar-refractivity contribution in [1.82, 2.24) is 0 Å². The molecular formula is C12H16. The Morgan fingerprint density at radius 2 is 1.67 bits per heavy atom. The van der Waals surface area contributed by atoms with Gasteiger partial charge in [0.05, 0.1) is 0 Å². The summed E-state index contributed by atoms with van der Waals surface area (Å²) in [6, 6.07) is 10.6. The van der Waals surface area contributed by atoms with E-state index in [4.69, 9.17) is 6.92 Å². The Hall–Kier alpha value is -0.780. The molecule has 1 rings (SSSR count). The molecule has 1 aromatic carbocycles. The van der Waals surface area contributed by atoms with Gasteiger partial charge in [-0.2, -0.15) is 0 Å². The Morgan fingerprint density at radius 1 is 0.917 bits per heavy atom. The third-order valence-corrected chi connectivity index (χ3v) is 2.01. The molecule has 0 heteroatoms. The summed E-state index contributed by atoms with van der Waals surface area (Å²) < 4.78 is 0. The highest BCUT2D eigenvalue weighted by Gasteiger charge is 1.90. The molecule has 0 aliphatic carbocycles. The molecule has 0 amide bonds. The Balaban J connectivity index is 2.16. The van der Waals surface area contributed by atoms with Gasteiger partial charge in [-0.25, -0.2) is 0 Å². The second kappa shape index (κ2) is 5.82. The zero-order valence-electron chi connectivity index (χ0n) is 7.50. The van der Waals surface area contributed by atoms with E-state index < -0.39 is 0 Å². The third-order valence-electron chi connectivity index (χ3n) is 2.01. The van der Waals surface area contributed by atoms with Crippen molar-refractivity contribution in [1.29, 1.82) is 0 Å². The van der Waals surface area contributed by atoms with Gasteiger partial charge in [-0.15, -0.1) is 0 Å². The first-order valence-corrected chi connectivity index (χ1v) is 4.67. The first-order chi connectivity index (χ1) is 5.93. The molecule has 0 nitrogen and oxygen atoms in total. The predicted molar refractivity (Wildman–Crippen MR) is 52.9 cm³/mol. The van der Waals surface area contributed by atoms with E-state index in [1.807, 2.05) is 0 Å². The molecule has 2 radical (unpaired) electrons. The van der Waals surface area contributed by atoms with Gasteiger partial charge in [-0.05, 0) is 31.7 Å². The molecule has 0 atom stereocenters. The molecule has 0 saturated carbocycles. The fraction of sp³-hybridized carbons (Fsp3) is 0.417. The normalized spacial score (nSPS) is 10.1. The maximum atomic E-state index is 5.41. The largest absolute Gasteiger partial charge is 0.0622 e. The quantitative estimate of drug-likeness (QED) is 0.578. The lowest BCUT2D eigenvalue weighted by molar-refractivity contribution is 0.686. The van der Waals surface area contributed by atoms with Gasteiger partial charge in [-0.3, -0.25) is 0 Å². The molecule has 0 spiro atoms. The van der Waals surface area contributed by atoms with Crippen LogP contribution in [0.5, 0.6) is 0 Å². The van der Waals surface area contributed by atoms with Crippen LogP contribution < -0.4 is 0 Å².